The fraction of sp³-hybridized carbons (Fsp3) is 0.655. The number of nitrogens with one attached hydrogen (secondary N) is 1. The number of amides is 1. The van der Waals surface area contributed by atoms with Gasteiger partial charge >= 0.3 is 7.52 Å². The van der Waals surface area contributed by atoms with E-state index in [4.69, 9.17) is 4.52 Å². The monoisotopic (exact) mass is 595 g/mol. The van der Waals surface area contributed by atoms with Gasteiger partial charge in [-0.1, -0.05) is 47.1 Å². The number of fused-ring (bicyclic) bond motifs is 1. The molecule has 0 radical (unpaired) electrons. The largest absolute Gasteiger partial charge is 0.509 e. The summed E-state index contributed by atoms with van der Waals surface area (Å²) in [5, 5.41) is 15.1. The van der Waals surface area contributed by atoms with E-state index in [1.165, 1.54) is 6.26 Å². The Kier molecular flexibility index (Phi) is 9.69. The summed E-state index contributed by atoms with van der Waals surface area (Å²) in [6, 6.07) is 5.53. The lowest BCUT2D eigenvalue weighted by molar-refractivity contribution is -0.131. The average molecular weight is 596 g/mol. The van der Waals surface area contributed by atoms with Crippen LogP contribution in [0.3, 0.4) is 0 Å². The third kappa shape index (κ3) is 7.00. The molecule has 9 nitrogen and oxygen atoms in total. The first kappa shape index (κ1) is 32.4. The van der Waals surface area contributed by atoms with E-state index >= 15 is 0 Å². The molecule has 0 saturated heterocycles. The van der Waals surface area contributed by atoms with E-state index < -0.39 is 22.9 Å². The quantitative estimate of drug-likeness (QED) is 0.237. The molecule has 1 aromatic carbocycles. The maximum Gasteiger partial charge on any atom is 0.348 e. The van der Waals surface area contributed by atoms with Crippen molar-refractivity contribution < 1.29 is 27.4 Å². The van der Waals surface area contributed by atoms with Crippen LogP contribution >= 0.6 is 7.52 Å². The molecular formula is C29H46N3O6PS. The van der Waals surface area contributed by atoms with Crippen LogP contribution in [0.5, 0.6) is 0 Å². The van der Waals surface area contributed by atoms with Gasteiger partial charge in [-0.25, -0.2) is 8.42 Å². The van der Waals surface area contributed by atoms with Crippen molar-refractivity contribution in [2.45, 2.75) is 86.1 Å². The minimum absolute atomic E-state index is 0.00777. The Hall–Kier alpha value is -2.16. The lowest BCUT2D eigenvalue weighted by Crippen LogP contribution is -2.50. The van der Waals surface area contributed by atoms with Crippen LogP contribution in [-0.4, -0.2) is 60.9 Å². The summed E-state index contributed by atoms with van der Waals surface area (Å²) < 4.78 is 47.1. The summed E-state index contributed by atoms with van der Waals surface area (Å²) in [5.41, 5.74) is 0.559. The highest BCUT2D eigenvalue weighted by atomic mass is 32.2. The summed E-state index contributed by atoms with van der Waals surface area (Å²) >= 11 is 0. The van der Waals surface area contributed by atoms with Gasteiger partial charge in [0.05, 0.1) is 17.6 Å². The smallest absolute Gasteiger partial charge is 0.348 e. The zero-order chi connectivity index (χ0) is 30.1. The number of carbonyl (C=O) groups excluding carboxylic acids is 1. The lowest BCUT2D eigenvalue weighted by atomic mass is 9.84. The minimum atomic E-state index is -3.76. The molecule has 224 valence electrons. The molecule has 0 fully saturated rings. The van der Waals surface area contributed by atoms with E-state index in [1.807, 2.05) is 32.9 Å². The van der Waals surface area contributed by atoms with Gasteiger partial charge in [0.25, 0.3) is 5.91 Å². The number of aliphatic hydroxyl groups is 1. The van der Waals surface area contributed by atoms with Crippen LogP contribution in [0.25, 0.3) is 0 Å². The number of amidine groups is 1. The van der Waals surface area contributed by atoms with Crippen LogP contribution < -0.4 is 10.6 Å². The van der Waals surface area contributed by atoms with Crippen LogP contribution in [0, 0.1) is 11.3 Å². The molecule has 0 spiro atoms. The lowest BCUT2D eigenvalue weighted by Gasteiger charge is -2.40. The summed E-state index contributed by atoms with van der Waals surface area (Å²) in [5.74, 6) is -0.274. The molecule has 0 saturated carbocycles. The molecule has 2 N–H and O–H groups in total. The van der Waals surface area contributed by atoms with E-state index in [0.29, 0.717) is 30.4 Å². The molecule has 0 bridgehead atoms. The molecule has 2 unspecified atom stereocenters. The zero-order valence-corrected chi connectivity index (χ0v) is 26.9. The number of unbranched alkanes of at least 4 members (excludes halogenated alkanes) is 2. The van der Waals surface area contributed by atoms with Gasteiger partial charge in [-0.3, -0.25) is 9.36 Å². The number of rotatable bonds is 12. The number of anilines is 1. The second kappa shape index (κ2) is 12.0. The topological polar surface area (TPSA) is 125 Å². The second-order valence-corrected chi connectivity index (χ2v) is 16.8. The van der Waals surface area contributed by atoms with E-state index in [0.717, 1.165) is 24.8 Å². The van der Waals surface area contributed by atoms with Gasteiger partial charge in [-0.15, -0.1) is 0 Å². The maximum atomic E-state index is 14.2. The van der Waals surface area contributed by atoms with Crippen molar-refractivity contribution in [1.29, 1.82) is 0 Å². The van der Waals surface area contributed by atoms with Crippen molar-refractivity contribution in [3.05, 3.63) is 35.1 Å². The second-order valence-electron chi connectivity index (χ2n) is 12.6. The fourth-order valence-corrected chi connectivity index (χ4v) is 7.63. The Balaban J connectivity index is 1.94. The van der Waals surface area contributed by atoms with E-state index in [9.17, 15) is 22.9 Å². The Bertz CT molecular complexity index is 1350. The van der Waals surface area contributed by atoms with Crippen molar-refractivity contribution in [2.24, 2.45) is 16.1 Å². The molecule has 2 heterocycles. The minimum Gasteiger partial charge on any atom is -0.509 e. The molecule has 2 aliphatic heterocycles. The standard InChI is InChI=1S/C29H46N3O6PS/c1-9-38-39(35)23-19-21(13-11-10-12-18-40(8,36)37)14-15-22(23)30-26(31-39)24-25(33)29(7,20(2)3)32(27(24)34)17-16-28(4,5)6/h14-15,19-20,33H,9-13,16-18H2,1-8H3,(H,30,31,35). The van der Waals surface area contributed by atoms with Crippen molar-refractivity contribution in [1.82, 2.24) is 4.90 Å². The molecule has 1 aromatic rings. The first-order valence-corrected chi connectivity index (χ1v) is 17.8. The molecule has 0 aromatic heterocycles. The summed E-state index contributed by atoms with van der Waals surface area (Å²) in [7, 11) is -6.73. The number of aliphatic hydroxyl groups excluding tert-OH is 1. The van der Waals surface area contributed by atoms with Gasteiger partial charge in [0.1, 0.15) is 26.7 Å². The van der Waals surface area contributed by atoms with Crippen molar-refractivity contribution in [3.63, 3.8) is 0 Å². The molecule has 11 heteroatoms. The van der Waals surface area contributed by atoms with Crippen LogP contribution in [-0.2, 0) is 30.1 Å². The molecular weight excluding hydrogens is 549 g/mol. The van der Waals surface area contributed by atoms with Crippen LogP contribution in [0.1, 0.15) is 79.7 Å². The molecule has 2 atom stereocenters. The van der Waals surface area contributed by atoms with Crippen molar-refractivity contribution in [3.8, 4) is 0 Å². The first-order valence-electron chi connectivity index (χ1n) is 14.1. The fourth-order valence-electron chi connectivity index (χ4n) is 5.07. The van der Waals surface area contributed by atoms with E-state index in [-0.39, 0.29) is 46.8 Å². The van der Waals surface area contributed by atoms with Gasteiger partial charge < -0.3 is 19.8 Å². The average Bonchev–Trinajstić information content (AvgIpc) is 3.02. The van der Waals surface area contributed by atoms with Crippen LogP contribution in [0.4, 0.5) is 5.69 Å². The highest BCUT2D eigenvalue weighted by molar-refractivity contribution is 7.90. The highest BCUT2D eigenvalue weighted by Gasteiger charge is 2.53. The van der Waals surface area contributed by atoms with Gasteiger partial charge in [-0.2, -0.15) is 4.76 Å². The first-order chi connectivity index (χ1) is 18.4. The van der Waals surface area contributed by atoms with Gasteiger partial charge in [-0.05, 0) is 68.6 Å². The number of aryl methyl sites for hydroxylation is 1. The number of sulfone groups is 1. The third-order valence-electron chi connectivity index (χ3n) is 7.82. The summed E-state index contributed by atoms with van der Waals surface area (Å²) in [6.45, 7) is 14.5. The van der Waals surface area contributed by atoms with Crippen LogP contribution in [0.15, 0.2) is 34.3 Å². The van der Waals surface area contributed by atoms with E-state index in [2.05, 4.69) is 30.9 Å². The molecule has 2 aliphatic rings. The number of hydrogen-bond donors (Lipinski definition) is 2. The molecule has 40 heavy (non-hydrogen) atoms. The highest BCUT2D eigenvalue weighted by Crippen LogP contribution is 2.53. The van der Waals surface area contributed by atoms with E-state index in [1.54, 1.807) is 17.9 Å². The predicted octanol–water partition coefficient (Wildman–Crippen LogP) is 5.63. The Morgan fingerprint density at radius 3 is 2.45 bits per heavy atom. The number of carbonyl (C=O) groups is 1. The van der Waals surface area contributed by atoms with Gasteiger partial charge in [0.2, 0.25) is 0 Å². The summed E-state index contributed by atoms with van der Waals surface area (Å²) in [6.07, 6.45) is 4.85. The Labute approximate surface area is 239 Å². The Morgan fingerprint density at radius 1 is 1.20 bits per heavy atom. The molecule has 0 aliphatic carbocycles. The van der Waals surface area contributed by atoms with Gasteiger partial charge in [0.15, 0.2) is 5.84 Å². The number of benzene rings is 1. The third-order valence-corrected chi connectivity index (χ3v) is 10.9. The SMILES string of the molecule is CCOP1(=O)N=C(C2=C(O)C(C)(C(C)C)N(CCC(C)(C)C)C2=O)Nc2ccc(CCCCCS(C)(=O)=O)cc21. The maximum absolute atomic E-state index is 14.2. The predicted molar refractivity (Wildman–Crippen MR) is 162 cm³/mol. The molecule has 1 amide bonds. The van der Waals surface area contributed by atoms with Gasteiger partial charge in [0, 0.05) is 18.6 Å². The molecule has 3 rings (SSSR count). The van der Waals surface area contributed by atoms with Crippen molar-refractivity contribution in [2.75, 3.05) is 30.5 Å². The zero-order valence-electron chi connectivity index (χ0n) is 25.2. The van der Waals surface area contributed by atoms with Crippen molar-refractivity contribution >= 4 is 40.1 Å². The number of nitrogens with zero attached hydrogens (tertiary/aromatic N) is 2. The van der Waals surface area contributed by atoms with Crippen LogP contribution in [0.2, 0.25) is 0 Å². The number of hydrogen-bond acceptors (Lipinski definition) is 7. The normalized spacial score (nSPS) is 23.5. The Morgan fingerprint density at radius 2 is 1.88 bits per heavy atom. The summed E-state index contributed by atoms with van der Waals surface area (Å²) in [4.78, 5) is 15.6.